The number of piperidine rings is 2. The number of aliphatic hydroxyl groups excluding tert-OH is 4. The van der Waals surface area contributed by atoms with Crippen LogP contribution in [0.1, 0.15) is 105 Å². The second-order valence-electron chi connectivity index (χ2n) is 21.4. The molecule has 352 valence electrons. The first-order chi connectivity index (χ1) is 29.9. The third kappa shape index (κ3) is 8.99. The number of carbonyl (C=O) groups excluding carboxylic acids is 2. The number of esters is 1. The number of nitrogens with two attached hydrogens (primary N) is 3. The van der Waals surface area contributed by atoms with Crippen molar-refractivity contribution >= 4 is 11.8 Å². The van der Waals surface area contributed by atoms with Gasteiger partial charge in [0, 0.05) is 37.2 Å². The third-order valence-electron chi connectivity index (χ3n) is 18.3. The molecule has 12 N–H and O–H groups in total. The van der Waals surface area contributed by atoms with E-state index in [-0.39, 0.29) is 79.0 Å². The van der Waals surface area contributed by atoms with Crippen molar-refractivity contribution in [2.75, 3.05) is 45.9 Å². The lowest BCUT2D eigenvalue weighted by Gasteiger charge is -2.63. The molecular formula is C48H83N5O9+2. The zero-order chi connectivity index (χ0) is 43.9. The number of ketones is 1. The normalized spacial score (nSPS) is 48.4. The molecule has 5 aliphatic heterocycles. The van der Waals surface area contributed by atoms with E-state index in [4.69, 9.17) is 19.9 Å². The van der Waals surface area contributed by atoms with E-state index in [9.17, 15) is 30.0 Å². The molecule has 8 fully saturated rings. The molecule has 14 nitrogen and oxygen atoms in total. The standard InChI is InChI=1S/C48H81N5O9/c1-5-26(22-50-6-2)47(59)61-37-20-34-43(58)41-36(57)19-31(23-54)60-45(41)42-40-32-14-15-52-46(49)39(32)28(10-9-27-11-12-30(56)18-33(27)35(40)24-55)17-29(48(37,4)62-44(34)42)16-25-8-13-38(51-7-3)53-21-25/h5,25,27-35,37-46,50-56,58H,6-24,49H2,1-4H3/p+2. The topological polar surface area (TPSA) is 226 Å². The Hall–Kier alpha value is -1.56. The van der Waals surface area contributed by atoms with Gasteiger partial charge in [-0.05, 0) is 145 Å². The number of allylic oxidation sites excluding steroid dienone is 1. The van der Waals surface area contributed by atoms with Crippen LogP contribution in [-0.2, 0) is 23.8 Å². The highest BCUT2D eigenvalue weighted by molar-refractivity contribution is 5.88. The fourth-order valence-corrected chi connectivity index (χ4v) is 15.3. The van der Waals surface area contributed by atoms with Crippen LogP contribution in [0.2, 0.25) is 0 Å². The van der Waals surface area contributed by atoms with E-state index >= 15 is 0 Å². The molecule has 5 heterocycles. The van der Waals surface area contributed by atoms with Crippen LogP contribution in [0.4, 0.5) is 0 Å². The third-order valence-corrected chi connectivity index (χ3v) is 18.3. The number of hydrogen-bond donors (Lipinski definition) is 9. The number of nitrogens with one attached hydrogen (secondary N) is 2. The molecule has 0 amide bonds. The van der Waals surface area contributed by atoms with E-state index in [2.05, 4.69) is 42.0 Å². The van der Waals surface area contributed by atoms with Crippen molar-refractivity contribution in [2.24, 2.45) is 76.7 Å². The van der Waals surface area contributed by atoms with Crippen molar-refractivity contribution in [3.8, 4) is 0 Å². The number of fused-ring (bicyclic) bond motifs is 5. The fraction of sp³-hybridized carbons (Fsp3) is 0.917. The molecular weight excluding hydrogens is 791 g/mol. The number of hydrogen-bond acceptors (Lipinski definition) is 12. The maximum Gasteiger partial charge on any atom is 0.339 e. The Morgan fingerprint density at radius 1 is 0.984 bits per heavy atom. The number of aliphatic hydroxyl groups is 4. The van der Waals surface area contributed by atoms with Crippen molar-refractivity contribution in [1.29, 1.82) is 0 Å². The first kappa shape index (κ1) is 47.0. The summed E-state index contributed by atoms with van der Waals surface area (Å²) in [4.78, 5) is 28.8. The molecule has 8 rings (SSSR count). The number of ether oxygens (including phenoxy) is 3. The first-order valence-electron chi connectivity index (χ1n) is 25.1. The van der Waals surface area contributed by atoms with Gasteiger partial charge in [0.15, 0.2) is 0 Å². The molecule has 8 aliphatic rings. The summed E-state index contributed by atoms with van der Waals surface area (Å²) in [5, 5.41) is 58.3. The predicted octanol–water partition coefficient (Wildman–Crippen LogP) is 0.159. The van der Waals surface area contributed by atoms with Gasteiger partial charge in [-0.15, -0.1) is 0 Å². The Morgan fingerprint density at radius 3 is 2.48 bits per heavy atom. The second-order valence-corrected chi connectivity index (χ2v) is 21.4. The van der Waals surface area contributed by atoms with Crippen LogP contribution in [0.25, 0.3) is 0 Å². The number of quaternary nitrogens is 2. The largest absolute Gasteiger partial charge is 0.456 e. The van der Waals surface area contributed by atoms with Crippen LogP contribution < -0.4 is 27.0 Å². The van der Waals surface area contributed by atoms with Crippen molar-refractivity contribution in [1.82, 2.24) is 10.6 Å². The number of carbonyl (C=O) groups is 2. The average Bonchev–Trinajstić information content (AvgIpc) is 3.31. The second kappa shape index (κ2) is 20.1. The summed E-state index contributed by atoms with van der Waals surface area (Å²) in [5.41, 5.74) is 7.01. The van der Waals surface area contributed by atoms with E-state index in [0.29, 0.717) is 43.0 Å². The molecule has 0 aromatic rings. The van der Waals surface area contributed by atoms with Gasteiger partial charge in [0.25, 0.3) is 0 Å². The molecule has 3 saturated carbocycles. The minimum absolute atomic E-state index is 0.0113. The van der Waals surface area contributed by atoms with Gasteiger partial charge in [0.2, 0.25) is 0 Å². The monoisotopic (exact) mass is 874 g/mol. The molecule has 21 atom stereocenters. The summed E-state index contributed by atoms with van der Waals surface area (Å²) in [7, 11) is 0. The molecule has 5 saturated heterocycles. The van der Waals surface area contributed by atoms with Gasteiger partial charge >= 0.3 is 5.97 Å². The van der Waals surface area contributed by atoms with E-state index in [0.717, 1.165) is 84.0 Å². The quantitative estimate of drug-likeness (QED) is 0.100. The Labute approximate surface area is 370 Å². The summed E-state index contributed by atoms with van der Waals surface area (Å²) in [6.07, 6.45) is 6.95. The lowest BCUT2D eigenvalue weighted by Crippen LogP contribution is -2.95. The zero-order valence-electron chi connectivity index (χ0n) is 38.1. The number of Topliss-reactive ketones (excluding diaryl/α,β-unsaturated/α-hetero) is 1. The molecule has 21 unspecified atom stereocenters. The van der Waals surface area contributed by atoms with Crippen LogP contribution in [0.3, 0.4) is 0 Å². The van der Waals surface area contributed by atoms with Gasteiger partial charge in [-0.2, -0.15) is 0 Å². The van der Waals surface area contributed by atoms with Crippen LogP contribution in [-0.4, -0.2) is 133 Å². The Balaban J connectivity index is 1.31. The molecule has 14 heteroatoms. The van der Waals surface area contributed by atoms with E-state index in [1.165, 1.54) is 0 Å². The maximum atomic E-state index is 14.5. The SMILES string of the molecule is CC=C(C[NH2+]CC)C(=O)OC1CC2C(O)C3C(=O)CC(CO)OC3C3C2OC1(C)C(CC1CCC(NCC)[NH2+]C1)CC1CCC2CCC(O)CC2C(CO)C3C2CCNC(N)C12. The van der Waals surface area contributed by atoms with Crippen LogP contribution >= 0.6 is 0 Å². The van der Waals surface area contributed by atoms with E-state index in [1.807, 2.05) is 13.0 Å². The summed E-state index contributed by atoms with van der Waals surface area (Å²) in [5.74, 6) is -1.68. The predicted molar refractivity (Wildman–Crippen MR) is 232 cm³/mol. The van der Waals surface area contributed by atoms with Gasteiger partial charge in [-0.3, -0.25) is 10.1 Å². The fourth-order valence-electron chi connectivity index (χ4n) is 15.3. The van der Waals surface area contributed by atoms with Gasteiger partial charge < -0.3 is 56.3 Å². The molecule has 62 heavy (non-hydrogen) atoms. The Bertz CT molecular complexity index is 1560. The number of likely N-dealkylation sites (N-methyl/N-ethyl adjacent to an activating group) is 1. The summed E-state index contributed by atoms with van der Waals surface area (Å²) in [6.45, 7) is 11.9. The minimum atomic E-state index is -1.11. The highest BCUT2D eigenvalue weighted by Gasteiger charge is 2.67. The van der Waals surface area contributed by atoms with Crippen LogP contribution in [0, 0.1) is 71.0 Å². The summed E-state index contributed by atoms with van der Waals surface area (Å²) >= 11 is 0. The van der Waals surface area contributed by atoms with Gasteiger partial charge in [-0.25, -0.2) is 4.79 Å². The van der Waals surface area contributed by atoms with E-state index < -0.39 is 60.0 Å². The van der Waals surface area contributed by atoms with Gasteiger partial charge in [0.1, 0.15) is 30.2 Å². The van der Waals surface area contributed by atoms with Crippen molar-refractivity contribution in [3.63, 3.8) is 0 Å². The number of rotatable bonds is 11. The van der Waals surface area contributed by atoms with Crippen LogP contribution in [0.5, 0.6) is 0 Å². The van der Waals surface area contributed by atoms with Crippen LogP contribution in [0.15, 0.2) is 11.6 Å². The molecule has 4 bridgehead atoms. The maximum absolute atomic E-state index is 14.5. The zero-order valence-corrected chi connectivity index (χ0v) is 38.1. The smallest absolute Gasteiger partial charge is 0.339 e. The first-order valence-corrected chi connectivity index (χ1v) is 25.1. The minimum Gasteiger partial charge on any atom is -0.456 e. The van der Waals surface area contributed by atoms with Crippen molar-refractivity contribution in [3.05, 3.63) is 11.6 Å². The molecule has 0 aromatic heterocycles. The van der Waals surface area contributed by atoms with Gasteiger partial charge in [0.05, 0.1) is 67.9 Å². The molecule has 3 aliphatic carbocycles. The lowest BCUT2D eigenvalue weighted by molar-refractivity contribution is -0.708. The highest BCUT2D eigenvalue weighted by atomic mass is 16.6. The summed E-state index contributed by atoms with van der Waals surface area (Å²) < 4.78 is 21.6. The molecule has 0 aromatic carbocycles. The Morgan fingerprint density at radius 2 is 1.77 bits per heavy atom. The van der Waals surface area contributed by atoms with E-state index in [1.54, 1.807) is 0 Å². The van der Waals surface area contributed by atoms with Crippen molar-refractivity contribution in [2.45, 2.75) is 159 Å². The molecule has 0 spiro atoms. The summed E-state index contributed by atoms with van der Waals surface area (Å²) in [6, 6.07) is 0. The Kier molecular flexibility index (Phi) is 15.2. The molecule has 0 radical (unpaired) electrons. The van der Waals surface area contributed by atoms with Crippen molar-refractivity contribution < 1.29 is 54.9 Å². The van der Waals surface area contributed by atoms with Gasteiger partial charge in [-0.1, -0.05) is 13.0 Å². The highest BCUT2D eigenvalue weighted by Crippen LogP contribution is 2.61. The average molecular weight is 874 g/mol. The lowest BCUT2D eigenvalue weighted by atomic mass is 9.50.